The number of methoxy groups -OCH3 is 1. The molecule has 7 heteroatoms. The van der Waals surface area contributed by atoms with E-state index in [0.29, 0.717) is 20.1 Å². The average molecular weight is 378 g/mol. The van der Waals surface area contributed by atoms with Gasteiger partial charge in [-0.2, -0.15) is 0 Å². The van der Waals surface area contributed by atoms with Gasteiger partial charge >= 0.3 is 11.6 Å². The maximum absolute atomic E-state index is 11.5. The molecule has 2 rings (SSSR count). The second-order valence-corrected chi connectivity index (χ2v) is 5.02. The highest BCUT2D eigenvalue weighted by atomic mass is 79.9. The van der Waals surface area contributed by atoms with E-state index in [4.69, 9.17) is 14.3 Å². The standard InChI is InChI=1S/C11H6Br2O5/c1-17-9-6(12)3-4-2-5(10(14)15)11(16)18-8(4)7(9)13/h2-3H,1H3,(H,14,15). The van der Waals surface area contributed by atoms with E-state index in [-0.39, 0.29) is 5.58 Å². The Balaban J connectivity index is 2.90. The first-order chi connectivity index (χ1) is 8.45. The molecule has 0 aliphatic carbocycles. The topological polar surface area (TPSA) is 76.7 Å². The predicted octanol–water partition coefficient (Wildman–Crippen LogP) is 3.02. The minimum Gasteiger partial charge on any atom is -0.494 e. The van der Waals surface area contributed by atoms with Gasteiger partial charge in [-0.25, -0.2) is 9.59 Å². The molecule has 0 aliphatic rings. The molecule has 5 nitrogen and oxygen atoms in total. The fourth-order valence-corrected chi connectivity index (χ4v) is 3.07. The maximum Gasteiger partial charge on any atom is 0.351 e. The second kappa shape index (κ2) is 4.74. The highest BCUT2D eigenvalue weighted by Crippen LogP contribution is 2.39. The van der Waals surface area contributed by atoms with Crippen LogP contribution in [-0.4, -0.2) is 18.2 Å². The van der Waals surface area contributed by atoms with Crippen molar-refractivity contribution in [3.63, 3.8) is 0 Å². The minimum atomic E-state index is -1.33. The third-order valence-electron chi connectivity index (χ3n) is 2.31. The Morgan fingerprint density at radius 1 is 1.39 bits per heavy atom. The van der Waals surface area contributed by atoms with E-state index >= 15 is 0 Å². The number of aromatic carboxylic acids is 1. The van der Waals surface area contributed by atoms with Crippen molar-refractivity contribution in [3.8, 4) is 5.75 Å². The smallest absolute Gasteiger partial charge is 0.351 e. The molecule has 0 aliphatic heterocycles. The van der Waals surface area contributed by atoms with Gasteiger partial charge < -0.3 is 14.3 Å². The highest BCUT2D eigenvalue weighted by Gasteiger charge is 2.17. The third kappa shape index (κ3) is 2.04. The lowest BCUT2D eigenvalue weighted by atomic mass is 10.2. The normalized spacial score (nSPS) is 10.6. The van der Waals surface area contributed by atoms with Gasteiger partial charge in [-0.3, -0.25) is 0 Å². The largest absolute Gasteiger partial charge is 0.494 e. The molecular weight excluding hydrogens is 372 g/mol. The summed E-state index contributed by atoms with van der Waals surface area (Å²) >= 11 is 6.54. The first-order valence-electron chi connectivity index (χ1n) is 4.69. The van der Waals surface area contributed by atoms with E-state index in [1.54, 1.807) is 6.07 Å². The number of carboxylic acids is 1. The van der Waals surface area contributed by atoms with Crippen molar-refractivity contribution in [1.82, 2.24) is 0 Å². The van der Waals surface area contributed by atoms with Crippen molar-refractivity contribution in [2.24, 2.45) is 0 Å². The molecule has 18 heavy (non-hydrogen) atoms. The molecule has 0 spiro atoms. The first-order valence-corrected chi connectivity index (χ1v) is 6.27. The lowest BCUT2D eigenvalue weighted by Crippen LogP contribution is -2.13. The zero-order valence-corrected chi connectivity index (χ0v) is 12.2. The van der Waals surface area contributed by atoms with Crippen LogP contribution >= 0.6 is 31.9 Å². The number of halogens is 2. The van der Waals surface area contributed by atoms with Crippen LogP contribution in [0.25, 0.3) is 11.0 Å². The van der Waals surface area contributed by atoms with E-state index in [9.17, 15) is 9.59 Å². The number of hydrogen-bond acceptors (Lipinski definition) is 4. The van der Waals surface area contributed by atoms with Crippen LogP contribution in [-0.2, 0) is 0 Å². The molecule has 1 N–H and O–H groups in total. The van der Waals surface area contributed by atoms with Crippen LogP contribution < -0.4 is 10.4 Å². The molecule has 0 amide bonds. The molecule has 0 bridgehead atoms. The molecule has 0 radical (unpaired) electrons. The van der Waals surface area contributed by atoms with Gasteiger partial charge in [0.05, 0.1) is 11.6 Å². The molecular formula is C11H6Br2O5. The van der Waals surface area contributed by atoms with Gasteiger partial charge in [0, 0.05) is 5.39 Å². The maximum atomic E-state index is 11.5. The molecule has 1 aromatic heterocycles. The molecule has 0 saturated heterocycles. The van der Waals surface area contributed by atoms with Crippen molar-refractivity contribution >= 4 is 48.8 Å². The molecule has 0 fully saturated rings. The Hall–Kier alpha value is -1.34. The van der Waals surface area contributed by atoms with Gasteiger partial charge in [-0.1, -0.05) is 0 Å². The predicted molar refractivity (Wildman–Crippen MR) is 71.4 cm³/mol. The van der Waals surface area contributed by atoms with Gasteiger partial charge in [0.15, 0.2) is 11.3 Å². The average Bonchev–Trinajstić information content (AvgIpc) is 2.30. The van der Waals surface area contributed by atoms with Crippen LogP contribution in [0.1, 0.15) is 10.4 Å². The fourth-order valence-electron chi connectivity index (χ4n) is 1.51. The summed E-state index contributed by atoms with van der Waals surface area (Å²) in [6.45, 7) is 0. The fraction of sp³-hybridized carbons (Fsp3) is 0.0909. The second-order valence-electron chi connectivity index (χ2n) is 3.38. The summed E-state index contributed by atoms with van der Waals surface area (Å²) in [5, 5.41) is 9.33. The Labute approximate surface area is 118 Å². The summed E-state index contributed by atoms with van der Waals surface area (Å²) in [5.41, 5.74) is -1.07. The summed E-state index contributed by atoms with van der Waals surface area (Å²) in [5.74, 6) is -0.859. The molecule has 94 valence electrons. The van der Waals surface area contributed by atoms with E-state index in [2.05, 4.69) is 31.9 Å². The Kier molecular flexibility index (Phi) is 3.45. The molecule has 1 heterocycles. The van der Waals surface area contributed by atoms with Gasteiger partial charge in [0.1, 0.15) is 10.0 Å². The number of ether oxygens (including phenoxy) is 1. The van der Waals surface area contributed by atoms with E-state index in [1.807, 2.05) is 0 Å². The van der Waals surface area contributed by atoms with Crippen molar-refractivity contribution in [3.05, 3.63) is 37.1 Å². The van der Waals surface area contributed by atoms with E-state index < -0.39 is 17.2 Å². The summed E-state index contributed by atoms with van der Waals surface area (Å²) in [4.78, 5) is 22.3. The van der Waals surface area contributed by atoms with Crippen LogP contribution in [0.4, 0.5) is 0 Å². The van der Waals surface area contributed by atoms with Crippen LogP contribution in [0.2, 0.25) is 0 Å². The van der Waals surface area contributed by atoms with Crippen molar-refractivity contribution < 1.29 is 19.1 Å². The zero-order valence-electron chi connectivity index (χ0n) is 8.99. The number of benzene rings is 1. The highest BCUT2D eigenvalue weighted by molar-refractivity contribution is 9.11. The molecule has 1 aromatic carbocycles. The molecule has 0 atom stereocenters. The third-order valence-corrected chi connectivity index (χ3v) is 3.62. The number of carbonyl (C=O) groups is 1. The van der Waals surface area contributed by atoms with Gasteiger partial charge in [-0.05, 0) is 44.0 Å². The van der Waals surface area contributed by atoms with Crippen molar-refractivity contribution in [1.29, 1.82) is 0 Å². The lowest BCUT2D eigenvalue weighted by molar-refractivity contribution is 0.0692. The van der Waals surface area contributed by atoms with Crippen molar-refractivity contribution in [2.45, 2.75) is 0 Å². The van der Waals surface area contributed by atoms with Crippen LogP contribution in [0.5, 0.6) is 5.75 Å². The van der Waals surface area contributed by atoms with Crippen LogP contribution in [0, 0.1) is 0 Å². The Morgan fingerprint density at radius 2 is 2.06 bits per heavy atom. The summed E-state index contributed by atoms with van der Waals surface area (Å²) in [7, 11) is 1.47. The molecule has 0 saturated carbocycles. The number of rotatable bonds is 2. The summed E-state index contributed by atoms with van der Waals surface area (Å²) in [6.07, 6.45) is 0. The Morgan fingerprint density at radius 3 is 2.61 bits per heavy atom. The monoisotopic (exact) mass is 376 g/mol. The van der Waals surface area contributed by atoms with E-state index in [0.717, 1.165) is 0 Å². The molecule has 0 unspecified atom stereocenters. The van der Waals surface area contributed by atoms with Gasteiger partial charge in [0.2, 0.25) is 0 Å². The van der Waals surface area contributed by atoms with Crippen molar-refractivity contribution in [2.75, 3.05) is 7.11 Å². The Bertz CT molecular complexity index is 705. The van der Waals surface area contributed by atoms with Gasteiger partial charge in [-0.15, -0.1) is 0 Å². The van der Waals surface area contributed by atoms with Gasteiger partial charge in [0.25, 0.3) is 0 Å². The minimum absolute atomic E-state index is 0.241. The quantitative estimate of drug-likeness (QED) is 0.814. The number of fused-ring (bicyclic) bond motifs is 1. The van der Waals surface area contributed by atoms with Crippen LogP contribution in [0.15, 0.2) is 30.3 Å². The summed E-state index contributed by atoms with van der Waals surface area (Å²) in [6, 6.07) is 2.88. The first kappa shape index (κ1) is 13.1. The molecule has 2 aromatic rings. The SMILES string of the molecule is COc1c(Br)cc2cc(C(=O)O)c(=O)oc2c1Br. The number of hydrogen-bond donors (Lipinski definition) is 1. The van der Waals surface area contributed by atoms with E-state index in [1.165, 1.54) is 13.2 Å². The number of carboxylic acid groups (broad SMARTS) is 1. The lowest BCUT2D eigenvalue weighted by Gasteiger charge is -2.08. The zero-order chi connectivity index (χ0) is 13.4. The summed E-state index contributed by atoms with van der Waals surface area (Å²) < 4.78 is 11.2. The van der Waals surface area contributed by atoms with Crippen LogP contribution in [0.3, 0.4) is 0 Å².